The summed E-state index contributed by atoms with van der Waals surface area (Å²) in [5, 5.41) is 14.5. The third-order valence-electron chi connectivity index (χ3n) is 4.32. The molecule has 2 aromatic heterocycles. The Kier molecular flexibility index (Phi) is 6.52. The second-order valence-corrected chi connectivity index (χ2v) is 7.61. The van der Waals surface area contributed by atoms with Crippen LogP contribution in [0.15, 0.2) is 78.2 Å². The zero-order valence-corrected chi connectivity index (χ0v) is 17.9. The zero-order chi connectivity index (χ0) is 22.3. The lowest BCUT2D eigenvalue weighted by atomic mass is 10.2. The van der Waals surface area contributed by atoms with E-state index in [0.717, 1.165) is 5.69 Å². The van der Waals surface area contributed by atoms with Crippen LogP contribution in [0, 0.1) is 0 Å². The van der Waals surface area contributed by atoms with Crippen molar-refractivity contribution in [2.45, 2.75) is 17.8 Å². The van der Waals surface area contributed by atoms with E-state index in [1.54, 1.807) is 47.4 Å². The topological polar surface area (TPSA) is 115 Å². The van der Waals surface area contributed by atoms with Crippen molar-refractivity contribution in [3.8, 4) is 5.69 Å². The van der Waals surface area contributed by atoms with Crippen molar-refractivity contribution >= 4 is 35.0 Å². The molecule has 0 aliphatic carbocycles. The predicted octanol–water partition coefficient (Wildman–Crippen LogP) is 3.56. The molecule has 2 N–H and O–H groups in total. The molecular formula is C22H19N7O2S. The van der Waals surface area contributed by atoms with E-state index in [-0.39, 0.29) is 17.5 Å². The summed E-state index contributed by atoms with van der Waals surface area (Å²) in [6.07, 6.45) is 3.33. The predicted molar refractivity (Wildman–Crippen MR) is 122 cm³/mol. The first-order valence-corrected chi connectivity index (χ1v) is 10.7. The molecule has 0 spiro atoms. The molecule has 0 atom stereocenters. The van der Waals surface area contributed by atoms with Gasteiger partial charge in [0.05, 0.1) is 11.4 Å². The quantitative estimate of drug-likeness (QED) is 0.330. The Morgan fingerprint density at radius 3 is 2.22 bits per heavy atom. The van der Waals surface area contributed by atoms with Crippen molar-refractivity contribution in [3.63, 3.8) is 0 Å². The largest absolute Gasteiger partial charge is 0.326 e. The van der Waals surface area contributed by atoms with Gasteiger partial charge in [0.2, 0.25) is 5.91 Å². The molecule has 0 saturated heterocycles. The number of para-hydroxylation sites is 1. The van der Waals surface area contributed by atoms with Crippen LogP contribution in [0.1, 0.15) is 23.1 Å². The van der Waals surface area contributed by atoms with E-state index in [1.807, 2.05) is 30.3 Å². The summed E-state index contributed by atoms with van der Waals surface area (Å²) >= 11 is 1.39. The Bertz CT molecular complexity index is 1210. The minimum Gasteiger partial charge on any atom is -0.326 e. The first kappa shape index (κ1) is 21.2. The minimum absolute atomic E-state index is 0.163. The Labute approximate surface area is 188 Å². The molecule has 4 rings (SSSR count). The number of rotatable bonds is 7. The maximum Gasteiger partial charge on any atom is 0.278 e. The normalized spacial score (nSPS) is 10.5. The Hall–Kier alpha value is -4.05. The summed E-state index contributed by atoms with van der Waals surface area (Å²) in [4.78, 5) is 32.6. The summed E-state index contributed by atoms with van der Waals surface area (Å²) in [6, 6.07) is 18.1. The van der Waals surface area contributed by atoms with Crippen molar-refractivity contribution < 1.29 is 9.59 Å². The Balaban J connectivity index is 1.58. The molecule has 2 heterocycles. The van der Waals surface area contributed by atoms with Crippen LogP contribution in [0.5, 0.6) is 0 Å². The molecule has 0 aliphatic heterocycles. The minimum atomic E-state index is -0.385. The maximum absolute atomic E-state index is 13.0. The van der Waals surface area contributed by atoms with Crippen molar-refractivity contribution in [2.75, 3.05) is 10.6 Å². The molecule has 0 aliphatic rings. The molecule has 32 heavy (non-hydrogen) atoms. The Morgan fingerprint density at radius 2 is 1.56 bits per heavy atom. The molecule has 0 fully saturated rings. The van der Waals surface area contributed by atoms with Gasteiger partial charge in [-0.3, -0.25) is 9.59 Å². The molecule has 2 amide bonds. The molecule has 4 aromatic rings. The molecule has 2 aromatic carbocycles. The lowest BCUT2D eigenvalue weighted by Gasteiger charge is -2.09. The van der Waals surface area contributed by atoms with Gasteiger partial charge in [-0.15, -0.1) is 5.10 Å². The van der Waals surface area contributed by atoms with Gasteiger partial charge in [0.25, 0.3) is 5.91 Å². The number of thioether (sulfide) groups is 1. The first-order valence-electron chi connectivity index (χ1n) is 9.69. The van der Waals surface area contributed by atoms with Gasteiger partial charge >= 0.3 is 0 Å². The fourth-order valence-electron chi connectivity index (χ4n) is 2.91. The van der Waals surface area contributed by atoms with Gasteiger partial charge in [0.15, 0.2) is 10.9 Å². The molecule has 160 valence electrons. The van der Waals surface area contributed by atoms with Crippen LogP contribution in [0.25, 0.3) is 5.69 Å². The van der Waals surface area contributed by atoms with E-state index in [9.17, 15) is 9.59 Å². The highest BCUT2D eigenvalue weighted by molar-refractivity contribution is 7.98. The number of anilines is 2. The third-order valence-corrected chi connectivity index (χ3v) is 5.21. The fourth-order valence-corrected chi connectivity index (χ4v) is 3.70. The number of carbonyl (C=O) groups is 2. The first-order chi connectivity index (χ1) is 15.6. The Morgan fingerprint density at radius 1 is 0.906 bits per heavy atom. The van der Waals surface area contributed by atoms with Gasteiger partial charge in [-0.1, -0.05) is 35.2 Å². The van der Waals surface area contributed by atoms with Crippen LogP contribution >= 0.6 is 11.8 Å². The smallest absolute Gasteiger partial charge is 0.278 e. The number of nitrogens with zero attached hydrogens (tertiary/aromatic N) is 5. The van der Waals surface area contributed by atoms with E-state index in [0.29, 0.717) is 28.0 Å². The van der Waals surface area contributed by atoms with Crippen LogP contribution in [0.4, 0.5) is 11.4 Å². The lowest BCUT2D eigenvalue weighted by Crippen LogP contribution is -2.15. The van der Waals surface area contributed by atoms with E-state index in [2.05, 4.69) is 30.9 Å². The number of aromatic nitrogens is 5. The van der Waals surface area contributed by atoms with Crippen LogP contribution < -0.4 is 10.6 Å². The number of nitrogens with one attached hydrogen (secondary N) is 2. The zero-order valence-electron chi connectivity index (χ0n) is 17.1. The summed E-state index contributed by atoms with van der Waals surface area (Å²) in [5.41, 5.74) is 2.85. The summed E-state index contributed by atoms with van der Waals surface area (Å²) < 4.78 is 1.64. The average molecular weight is 446 g/mol. The SMILES string of the molecule is CC(=O)Nc1ccc(NC(=O)c2nnn(-c3ccccc3)c2CSc2ncccn2)cc1. The molecule has 10 heteroatoms. The molecular weight excluding hydrogens is 426 g/mol. The molecule has 0 radical (unpaired) electrons. The summed E-state index contributed by atoms with van der Waals surface area (Å²) in [5.74, 6) is -0.149. The van der Waals surface area contributed by atoms with Gasteiger partial charge < -0.3 is 10.6 Å². The highest BCUT2D eigenvalue weighted by Gasteiger charge is 2.21. The van der Waals surface area contributed by atoms with Crippen molar-refractivity contribution in [2.24, 2.45) is 0 Å². The molecule has 0 bridgehead atoms. The van der Waals surface area contributed by atoms with Crippen LogP contribution in [-0.2, 0) is 10.5 Å². The van der Waals surface area contributed by atoms with E-state index >= 15 is 0 Å². The maximum atomic E-state index is 13.0. The molecule has 9 nitrogen and oxygen atoms in total. The van der Waals surface area contributed by atoms with E-state index in [1.165, 1.54) is 18.7 Å². The lowest BCUT2D eigenvalue weighted by molar-refractivity contribution is -0.114. The van der Waals surface area contributed by atoms with Crippen molar-refractivity contribution in [3.05, 3.63) is 84.4 Å². The van der Waals surface area contributed by atoms with Crippen LogP contribution in [-0.4, -0.2) is 36.8 Å². The molecule has 0 saturated carbocycles. The number of benzene rings is 2. The average Bonchev–Trinajstić information content (AvgIpc) is 3.24. The summed E-state index contributed by atoms with van der Waals surface area (Å²) in [7, 11) is 0. The number of carbonyl (C=O) groups excluding carboxylic acids is 2. The molecule has 0 unspecified atom stereocenters. The van der Waals surface area contributed by atoms with Crippen LogP contribution in [0.3, 0.4) is 0 Å². The van der Waals surface area contributed by atoms with E-state index in [4.69, 9.17) is 0 Å². The second kappa shape index (κ2) is 9.84. The van der Waals surface area contributed by atoms with Gasteiger partial charge in [-0.05, 0) is 42.5 Å². The van der Waals surface area contributed by atoms with Gasteiger partial charge in [0, 0.05) is 36.4 Å². The van der Waals surface area contributed by atoms with Gasteiger partial charge in [-0.25, -0.2) is 14.6 Å². The highest BCUT2D eigenvalue weighted by Crippen LogP contribution is 2.23. The fraction of sp³-hybridized carbons (Fsp3) is 0.0909. The number of hydrogen-bond donors (Lipinski definition) is 2. The van der Waals surface area contributed by atoms with Crippen molar-refractivity contribution in [1.82, 2.24) is 25.0 Å². The monoisotopic (exact) mass is 445 g/mol. The second-order valence-electron chi connectivity index (χ2n) is 6.66. The highest BCUT2D eigenvalue weighted by atomic mass is 32.2. The van der Waals surface area contributed by atoms with Crippen LogP contribution in [0.2, 0.25) is 0 Å². The third kappa shape index (κ3) is 5.16. The van der Waals surface area contributed by atoms with E-state index < -0.39 is 0 Å². The van der Waals surface area contributed by atoms with Gasteiger partial charge in [0.1, 0.15) is 0 Å². The van der Waals surface area contributed by atoms with Gasteiger partial charge in [-0.2, -0.15) is 0 Å². The summed E-state index contributed by atoms with van der Waals surface area (Å²) in [6.45, 7) is 1.44. The number of hydrogen-bond acceptors (Lipinski definition) is 7. The van der Waals surface area contributed by atoms with Crippen molar-refractivity contribution in [1.29, 1.82) is 0 Å². The standard InChI is InChI=1S/C22H19N7O2S/c1-15(30)25-16-8-10-17(11-9-16)26-21(31)20-19(14-32-22-23-12-5-13-24-22)29(28-27-20)18-6-3-2-4-7-18/h2-13H,14H2,1H3,(H,25,30)(H,26,31). The number of amides is 2.